The highest BCUT2D eigenvalue weighted by atomic mass is 16.5. The second-order valence-corrected chi connectivity index (χ2v) is 5.44. The minimum Gasteiger partial charge on any atom is -0.496 e. The van der Waals surface area contributed by atoms with Crippen LogP contribution >= 0.6 is 0 Å². The van der Waals surface area contributed by atoms with Crippen LogP contribution in [0.5, 0.6) is 11.5 Å². The van der Waals surface area contributed by atoms with Crippen molar-refractivity contribution >= 4 is 0 Å². The van der Waals surface area contributed by atoms with Crippen molar-refractivity contribution < 1.29 is 9.47 Å². The van der Waals surface area contributed by atoms with Gasteiger partial charge in [0.05, 0.1) is 14.2 Å². The molecule has 0 aromatic heterocycles. The average molecular weight is 247 g/mol. The fourth-order valence-corrected chi connectivity index (χ4v) is 3.50. The number of hydrogen-bond donors (Lipinski definition) is 1. The summed E-state index contributed by atoms with van der Waals surface area (Å²) < 4.78 is 11.0. The van der Waals surface area contributed by atoms with Crippen molar-refractivity contribution in [1.29, 1.82) is 0 Å². The maximum absolute atomic E-state index is 5.53. The molecule has 0 amide bonds. The highest BCUT2D eigenvalue weighted by Gasteiger charge is 2.38. The third-order valence-corrected chi connectivity index (χ3v) is 4.50. The van der Waals surface area contributed by atoms with E-state index >= 15 is 0 Å². The minimum atomic E-state index is 0.312. The maximum atomic E-state index is 5.53. The Kier molecular flexibility index (Phi) is 2.94. The lowest BCUT2D eigenvalue weighted by atomic mass is 9.82. The maximum Gasteiger partial charge on any atom is 0.123 e. The fourth-order valence-electron chi connectivity index (χ4n) is 3.50. The lowest BCUT2D eigenvalue weighted by Crippen LogP contribution is -2.47. The summed E-state index contributed by atoms with van der Waals surface area (Å²) in [6, 6.07) is 4.04. The Labute approximate surface area is 108 Å². The van der Waals surface area contributed by atoms with Crippen molar-refractivity contribution in [3.05, 3.63) is 23.3 Å². The van der Waals surface area contributed by atoms with Crippen LogP contribution in [0.4, 0.5) is 0 Å². The summed E-state index contributed by atoms with van der Waals surface area (Å²) >= 11 is 0. The molecule has 98 valence electrons. The number of rotatable bonds is 2. The second kappa shape index (κ2) is 4.47. The molecule has 1 aliphatic heterocycles. The van der Waals surface area contributed by atoms with Crippen molar-refractivity contribution in [3.63, 3.8) is 0 Å². The standard InChI is InChI=1S/C15H21NO2/c1-17-13-5-6-14(18-2)12-10-16-15(9-11(12)13)7-3-4-8-15/h5-6,16H,3-4,7-10H2,1-2H3. The molecule has 1 heterocycles. The van der Waals surface area contributed by atoms with Crippen molar-refractivity contribution in [1.82, 2.24) is 5.32 Å². The first-order valence-electron chi connectivity index (χ1n) is 6.76. The summed E-state index contributed by atoms with van der Waals surface area (Å²) in [4.78, 5) is 0. The normalized spacial score (nSPS) is 20.8. The molecular formula is C15H21NO2. The highest BCUT2D eigenvalue weighted by molar-refractivity contribution is 5.51. The van der Waals surface area contributed by atoms with Gasteiger partial charge in [-0.15, -0.1) is 0 Å². The molecule has 1 aliphatic carbocycles. The quantitative estimate of drug-likeness (QED) is 0.871. The summed E-state index contributed by atoms with van der Waals surface area (Å²) in [6.07, 6.45) is 6.32. The van der Waals surface area contributed by atoms with Gasteiger partial charge >= 0.3 is 0 Å². The Morgan fingerprint density at radius 2 is 1.61 bits per heavy atom. The smallest absolute Gasteiger partial charge is 0.123 e. The molecule has 3 heteroatoms. The van der Waals surface area contributed by atoms with E-state index in [0.29, 0.717) is 5.54 Å². The summed E-state index contributed by atoms with van der Waals surface area (Å²) in [5.41, 5.74) is 2.93. The van der Waals surface area contributed by atoms with Crippen LogP contribution in [-0.2, 0) is 13.0 Å². The molecule has 3 rings (SSSR count). The van der Waals surface area contributed by atoms with Gasteiger partial charge in [0.2, 0.25) is 0 Å². The van der Waals surface area contributed by atoms with Crippen LogP contribution in [0.1, 0.15) is 36.8 Å². The van der Waals surface area contributed by atoms with Gasteiger partial charge in [-0.1, -0.05) is 12.8 Å². The third kappa shape index (κ3) is 1.77. The van der Waals surface area contributed by atoms with E-state index in [9.17, 15) is 0 Å². The molecule has 0 saturated heterocycles. The monoisotopic (exact) mass is 247 g/mol. The first-order chi connectivity index (χ1) is 8.78. The molecule has 1 N–H and O–H groups in total. The predicted octanol–water partition coefficient (Wildman–Crippen LogP) is 2.66. The molecule has 0 unspecified atom stereocenters. The second-order valence-electron chi connectivity index (χ2n) is 5.44. The van der Waals surface area contributed by atoms with Crippen LogP contribution in [0.2, 0.25) is 0 Å². The van der Waals surface area contributed by atoms with Crippen molar-refractivity contribution in [3.8, 4) is 11.5 Å². The molecule has 1 saturated carbocycles. The first kappa shape index (κ1) is 11.8. The van der Waals surface area contributed by atoms with Gasteiger partial charge in [0.15, 0.2) is 0 Å². The van der Waals surface area contributed by atoms with Crippen LogP contribution in [0.25, 0.3) is 0 Å². The molecule has 0 bridgehead atoms. The molecule has 1 aromatic rings. The van der Waals surface area contributed by atoms with Crippen LogP contribution in [0.3, 0.4) is 0 Å². The first-order valence-corrected chi connectivity index (χ1v) is 6.76. The number of methoxy groups -OCH3 is 2. The third-order valence-electron chi connectivity index (χ3n) is 4.50. The van der Waals surface area contributed by atoms with Crippen molar-refractivity contribution in [2.24, 2.45) is 0 Å². The van der Waals surface area contributed by atoms with Gasteiger partial charge in [0, 0.05) is 23.2 Å². The number of ether oxygens (including phenoxy) is 2. The lowest BCUT2D eigenvalue weighted by Gasteiger charge is -2.37. The van der Waals surface area contributed by atoms with E-state index in [2.05, 4.69) is 5.32 Å². The van der Waals surface area contributed by atoms with E-state index < -0.39 is 0 Å². The molecule has 1 spiro atoms. The molecule has 1 aromatic carbocycles. The van der Waals surface area contributed by atoms with Crippen LogP contribution < -0.4 is 14.8 Å². The zero-order chi connectivity index (χ0) is 12.6. The Hall–Kier alpha value is -1.22. The van der Waals surface area contributed by atoms with Crippen LogP contribution in [0, 0.1) is 0 Å². The van der Waals surface area contributed by atoms with E-state index in [-0.39, 0.29) is 0 Å². The zero-order valence-electron chi connectivity index (χ0n) is 11.2. The molecule has 1 fully saturated rings. The summed E-state index contributed by atoms with van der Waals surface area (Å²) in [5, 5.41) is 3.74. The molecule has 0 atom stereocenters. The van der Waals surface area contributed by atoms with Gasteiger partial charge in [-0.05, 0) is 31.4 Å². The molecular weight excluding hydrogens is 226 g/mol. The zero-order valence-corrected chi connectivity index (χ0v) is 11.2. The largest absolute Gasteiger partial charge is 0.496 e. The summed E-state index contributed by atoms with van der Waals surface area (Å²) in [6.45, 7) is 0.899. The van der Waals surface area contributed by atoms with E-state index in [0.717, 1.165) is 24.5 Å². The minimum absolute atomic E-state index is 0.312. The Bertz CT molecular complexity index is 450. The average Bonchev–Trinajstić information content (AvgIpc) is 2.85. The van der Waals surface area contributed by atoms with Gasteiger partial charge in [-0.3, -0.25) is 0 Å². The topological polar surface area (TPSA) is 30.5 Å². The number of hydrogen-bond acceptors (Lipinski definition) is 3. The van der Waals surface area contributed by atoms with E-state index in [4.69, 9.17) is 9.47 Å². The highest BCUT2D eigenvalue weighted by Crippen LogP contribution is 2.42. The van der Waals surface area contributed by atoms with Crippen LogP contribution in [-0.4, -0.2) is 19.8 Å². The number of benzene rings is 1. The molecule has 3 nitrogen and oxygen atoms in total. The van der Waals surface area contributed by atoms with E-state index in [1.54, 1.807) is 14.2 Å². The van der Waals surface area contributed by atoms with Crippen molar-refractivity contribution in [2.45, 2.75) is 44.2 Å². The summed E-state index contributed by atoms with van der Waals surface area (Å²) in [5.74, 6) is 1.99. The Balaban J connectivity index is 2.02. The number of fused-ring (bicyclic) bond motifs is 1. The van der Waals surface area contributed by atoms with E-state index in [1.165, 1.54) is 36.8 Å². The lowest BCUT2D eigenvalue weighted by molar-refractivity contribution is 0.293. The van der Waals surface area contributed by atoms with Crippen LogP contribution in [0.15, 0.2) is 12.1 Å². The fraction of sp³-hybridized carbons (Fsp3) is 0.600. The SMILES string of the molecule is COc1ccc(OC)c2c1CNC1(CCCC1)C2. The van der Waals surface area contributed by atoms with Gasteiger partial charge in [0.25, 0.3) is 0 Å². The number of nitrogens with one attached hydrogen (secondary N) is 1. The molecule has 0 radical (unpaired) electrons. The van der Waals surface area contributed by atoms with Crippen molar-refractivity contribution in [2.75, 3.05) is 14.2 Å². The van der Waals surface area contributed by atoms with E-state index in [1.807, 2.05) is 12.1 Å². The van der Waals surface area contributed by atoms with Gasteiger partial charge in [-0.2, -0.15) is 0 Å². The predicted molar refractivity (Wildman–Crippen MR) is 71.3 cm³/mol. The summed E-state index contributed by atoms with van der Waals surface area (Å²) in [7, 11) is 3.49. The Morgan fingerprint density at radius 1 is 1.00 bits per heavy atom. The Morgan fingerprint density at radius 3 is 2.22 bits per heavy atom. The molecule has 2 aliphatic rings. The van der Waals surface area contributed by atoms with Gasteiger partial charge in [-0.25, -0.2) is 0 Å². The van der Waals surface area contributed by atoms with Gasteiger partial charge in [0.1, 0.15) is 11.5 Å². The molecule has 18 heavy (non-hydrogen) atoms. The van der Waals surface area contributed by atoms with Gasteiger partial charge < -0.3 is 14.8 Å².